The first-order valence-electron chi connectivity index (χ1n) is 7.52. The fraction of sp³-hybridized carbons (Fsp3) is 0.562. The van der Waals surface area contributed by atoms with Crippen LogP contribution in [0.4, 0.5) is 5.69 Å². The van der Waals surface area contributed by atoms with E-state index in [9.17, 15) is 4.79 Å². The molecule has 0 aliphatic carbocycles. The minimum absolute atomic E-state index is 0.00911. The maximum absolute atomic E-state index is 11.9. The molecule has 0 aromatic heterocycles. The number of nitrogens with one attached hydrogen (secondary N) is 1. The van der Waals surface area contributed by atoms with Gasteiger partial charge in [-0.3, -0.25) is 9.69 Å². The molecule has 1 aromatic carbocycles. The second-order valence-electron chi connectivity index (χ2n) is 4.58. The number of benzene rings is 1. The highest BCUT2D eigenvalue weighted by molar-refractivity contribution is 5.92. The molecule has 118 valence electrons. The number of hydrogen-bond donors (Lipinski definition) is 1. The van der Waals surface area contributed by atoms with Crippen molar-refractivity contribution in [1.82, 2.24) is 4.90 Å². The number of amides is 1. The molecule has 1 N–H and O–H groups in total. The Bertz CT molecular complexity index is 420. The third-order valence-electron chi connectivity index (χ3n) is 3.08. The van der Waals surface area contributed by atoms with Crippen molar-refractivity contribution in [2.24, 2.45) is 0 Å². The van der Waals surface area contributed by atoms with E-state index in [0.29, 0.717) is 26.4 Å². The van der Waals surface area contributed by atoms with E-state index in [1.165, 1.54) is 0 Å². The van der Waals surface area contributed by atoms with Crippen molar-refractivity contribution in [1.29, 1.82) is 0 Å². The van der Waals surface area contributed by atoms with Crippen molar-refractivity contribution < 1.29 is 14.3 Å². The van der Waals surface area contributed by atoms with Crippen LogP contribution in [0.25, 0.3) is 0 Å². The van der Waals surface area contributed by atoms with E-state index < -0.39 is 0 Å². The van der Waals surface area contributed by atoms with Crippen LogP contribution in [0, 0.1) is 0 Å². The number of rotatable bonds is 10. The van der Waals surface area contributed by atoms with Crippen molar-refractivity contribution >= 4 is 11.6 Å². The molecule has 0 atom stereocenters. The molecule has 0 aliphatic heterocycles. The lowest BCUT2D eigenvalue weighted by atomic mass is 10.3. The molecule has 21 heavy (non-hydrogen) atoms. The summed E-state index contributed by atoms with van der Waals surface area (Å²) in [5.74, 6) is 0.723. The zero-order valence-electron chi connectivity index (χ0n) is 13.2. The smallest absolute Gasteiger partial charge is 0.238 e. The van der Waals surface area contributed by atoms with Gasteiger partial charge in [0, 0.05) is 18.4 Å². The Kier molecular flexibility index (Phi) is 8.47. The standard InChI is InChI=1S/C16H26N2O3/c1-4-18(5-2)13-16(19)17-14-8-7-9-15(12-14)21-11-10-20-6-3/h7-9,12H,4-6,10-11,13H2,1-3H3,(H,17,19). The van der Waals surface area contributed by atoms with Crippen LogP contribution in [0.1, 0.15) is 20.8 Å². The average molecular weight is 294 g/mol. The SMILES string of the molecule is CCOCCOc1cccc(NC(=O)CN(CC)CC)c1. The molecule has 0 spiro atoms. The second-order valence-corrected chi connectivity index (χ2v) is 4.58. The molecule has 1 amide bonds. The van der Waals surface area contributed by atoms with Gasteiger partial charge in [0.15, 0.2) is 0 Å². The Hall–Kier alpha value is -1.59. The highest BCUT2D eigenvalue weighted by atomic mass is 16.5. The van der Waals surface area contributed by atoms with E-state index in [-0.39, 0.29) is 5.91 Å². The lowest BCUT2D eigenvalue weighted by Gasteiger charge is -2.17. The summed E-state index contributed by atoms with van der Waals surface area (Å²) in [4.78, 5) is 14.0. The first kappa shape index (κ1) is 17.5. The van der Waals surface area contributed by atoms with Crippen molar-refractivity contribution in [2.45, 2.75) is 20.8 Å². The molecule has 0 aliphatic rings. The van der Waals surface area contributed by atoms with Crippen LogP contribution >= 0.6 is 0 Å². The Morgan fingerprint density at radius 3 is 2.62 bits per heavy atom. The van der Waals surface area contributed by atoms with Crippen molar-refractivity contribution in [2.75, 3.05) is 44.8 Å². The van der Waals surface area contributed by atoms with E-state index in [1.54, 1.807) is 0 Å². The molecule has 0 saturated heterocycles. The average Bonchev–Trinajstić information content (AvgIpc) is 2.49. The molecule has 1 aromatic rings. The molecule has 0 bridgehead atoms. The summed E-state index contributed by atoms with van der Waals surface area (Å²) in [7, 11) is 0. The molecule has 0 unspecified atom stereocenters. The van der Waals surface area contributed by atoms with Crippen LogP contribution in [0.15, 0.2) is 24.3 Å². The second kappa shape index (κ2) is 10.2. The van der Waals surface area contributed by atoms with Crippen LogP contribution < -0.4 is 10.1 Å². The maximum Gasteiger partial charge on any atom is 0.238 e. The fourth-order valence-electron chi connectivity index (χ4n) is 1.88. The Morgan fingerprint density at radius 2 is 1.95 bits per heavy atom. The van der Waals surface area contributed by atoms with Crippen LogP contribution in [0.5, 0.6) is 5.75 Å². The highest BCUT2D eigenvalue weighted by Gasteiger charge is 2.07. The molecule has 0 fully saturated rings. The summed E-state index contributed by atoms with van der Waals surface area (Å²) in [5.41, 5.74) is 0.751. The summed E-state index contributed by atoms with van der Waals surface area (Å²) in [5, 5.41) is 2.89. The third kappa shape index (κ3) is 7.11. The Balaban J connectivity index is 2.46. The lowest BCUT2D eigenvalue weighted by molar-refractivity contribution is -0.117. The summed E-state index contributed by atoms with van der Waals surface area (Å²) in [6.45, 7) is 9.93. The monoisotopic (exact) mass is 294 g/mol. The molecule has 5 nitrogen and oxygen atoms in total. The predicted molar refractivity (Wildman–Crippen MR) is 84.8 cm³/mol. The minimum atomic E-state index is -0.00911. The van der Waals surface area contributed by atoms with Gasteiger partial charge in [-0.2, -0.15) is 0 Å². The van der Waals surface area contributed by atoms with Crippen LogP contribution in [-0.4, -0.2) is 50.3 Å². The van der Waals surface area contributed by atoms with E-state index in [0.717, 1.165) is 24.5 Å². The zero-order chi connectivity index (χ0) is 15.5. The summed E-state index contributed by atoms with van der Waals surface area (Å²) < 4.78 is 10.8. The van der Waals surface area contributed by atoms with Crippen LogP contribution in [0.3, 0.4) is 0 Å². The van der Waals surface area contributed by atoms with Gasteiger partial charge in [0.05, 0.1) is 13.2 Å². The number of hydrogen-bond acceptors (Lipinski definition) is 4. The van der Waals surface area contributed by atoms with Crippen LogP contribution in [-0.2, 0) is 9.53 Å². The quantitative estimate of drug-likeness (QED) is 0.673. The maximum atomic E-state index is 11.9. The summed E-state index contributed by atoms with van der Waals surface area (Å²) in [6.07, 6.45) is 0. The van der Waals surface area contributed by atoms with Gasteiger partial charge in [-0.25, -0.2) is 0 Å². The number of nitrogens with zero attached hydrogens (tertiary/aromatic N) is 1. The number of likely N-dealkylation sites (N-methyl/N-ethyl adjacent to an activating group) is 1. The Labute approximate surface area is 127 Å². The number of anilines is 1. The van der Waals surface area contributed by atoms with Gasteiger partial charge in [0.2, 0.25) is 5.91 Å². The largest absolute Gasteiger partial charge is 0.491 e. The Morgan fingerprint density at radius 1 is 1.19 bits per heavy atom. The first-order chi connectivity index (χ1) is 10.2. The third-order valence-corrected chi connectivity index (χ3v) is 3.08. The topological polar surface area (TPSA) is 50.8 Å². The molecule has 0 radical (unpaired) electrons. The van der Waals surface area contributed by atoms with Crippen molar-refractivity contribution in [3.05, 3.63) is 24.3 Å². The van der Waals surface area contributed by atoms with Gasteiger partial charge in [-0.15, -0.1) is 0 Å². The van der Waals surface area contributed by atoms with Crippen LogP contribution in [0.2, 0.25) is 0 Å². The van der Waals surface area contributed by atoms with Crippen molar-refractivity contribution in [3.63, 3.8) is 0 Å². The molecule has 5 heteroatoms. The number of carbonyl (C=O) groups is 1. The van der Waals surface area contributed by atoms with Gasteiger partial charge >= 0.3 is 0 Å². The molecular formula is C16H26N2O3. The number of ether oxygens (including phenoxy) is 2. The highest BCUT2D eigenvalue weighted by Crippen LogP contribution is 2.17. The molecule has 0 heterocycles. The van der Waals surface area contributed by atoms with Gasteiger partial charge < -0.3 is 14.8 Å². The van der Waals surface area contributed by atoms with E-state index in [2.05, 4.69) is 10.2 Å². The van der Waals surface area contributed by atoms with Gasteiger partial charge in [0.25, 0.3) is 0 Å². The van der Waals surface area contributed by atoms with Gasteiger partial charge in [0.1, 0.15) is 12.4 Å². The summed E-state index contributed by atoms with van der Waals surface area (Å²) in [6, 6.07) is 7.41. The minimum Gasteiger partial charge on any atom is -0.491 e. The lowest BCUT2D eigenvalue weighted by Crippen LogP contribution is -2.32. The van der Waals surface area contributed by atoms with E-state index >= 15 is 0 Å². The first-order valence-corrected chi connectivity index (χ1v) is 7.52. The molecule has 1 rings (SSSR count). The van der Waals surface area contributed by atoms with Gasteiger partial charge in [-0.05, 0) is 32.1 Å². The van der Waals surface area contributed by atoms with Crippen molar-refractivity contribution in [3.8, 4) is 5.75 Å². The van der Waals surface area contributed by atoms with E-state index in [1.807, 2.05) is 45.0 Å². The van der Waals surface area contributed by atoms with E-state index in [4.69, 9.17) is 9.47 Å². The predicted octanol–water partition coefficient (Wildman–Crippen LogP) is 2.38. The normalized spacial score (nSPS) is 10.7. The number of carbonyl (C=O) groups excluding carboxylic acids is 1. The zero-order valence-corrected chi connectivity index (χ0v) is 13.2. The molecular weight excluding hydrogens is 268 g/mol. The summed E-state index contributed by atoms with van der Waals surface area (Å²) >= 11 is 0. The molecule has 0 saturated carbocycles. The fourth-order valence-corrected chi connectivity index (χ4v) is 1.88. The van der Waals surface area contributed by atoms with Gasteiger partial charge in [-0.1, -0.05) is 19.9 Å².